The average molecular weight is 268 g/mol. The predicted octanol–water partition coefficient (Wildman–Crippen LogP) is 3.05. The number of carboxylic acids is 1. The minimum atomic E-state index is -1.20. The molecule has 1 aliphatic rings. The topological polar surface area (TPSA) is 40.5 Å². The molecule has 3 nitrogen and oxygen atoms in total. The zero-order valence-corrected chi connectivity index (χ0v) is 11.4. The highest BCUT2D eigenvalue weighted by molar-refractivity contribution is 5.93. The molecule has 20 heavy (non-hydrogen) atoms. The molecular weight excluding hydrogens is 250 g/mol. The molecule has 0 amide bonds. The lowest BCUT2D eigenvalue weighted by molar-refractivity contribution is -0.148. The van der Waals surface area contributed by atoms with E-state index >= 15 is 0 Å². The van der Waals surface area contributed by atoms with E-state index in [0.717, 1.165) is 42.3 Å². The summed E-state index contributed by atoms with van der Waals surface area (Å²) in [5.41, 5.74) is -0.415. The second-order valence-electron chi connectivity index (χ2n) is 5.39. The summed E-state index contributed by atoms with van der Waals surface area (Å²) in [6.07, 6.45) is 2.07. The molecule has 1 saturated heterocycles. The van der Waals surface area contributed by atoms with E-state index in [9.17, 15) is 9.90 Å². The highest BCUT2D eigenvalue weighted by Gasteiger charge is 2.43. The highest BCUT2D eigenvalue weighted by atomic mass is 16.4. The summed E-state index contributed by atoms with van der Waals surface area (Å²) < 4.78 is 0. The number of carbonyl (C=O) groups is 1. The lowest BCUT2D eigenvalue weighted by Crippen LogP contribution is -2.48. The molecule has 0 bridgehead atoms. The average Bonchev–Trinajstić information content (AvgIpc) is 3.00. The van der Waals surface area contributed by atoms with Crippen molar-refractivity contribution in [2.24, 2.45) is 0 Å². The van der Waals surface area contributed by atoms with E-state index in [2.05, 4.69) is 6.92 Å². The molecule has 2 aromatic carbocycles. The first-order chi connectivity index (χ1) is 9.64. The van der Waals surface area contributed by atoms with Crippen molar-refractivity contribution < 1.29 is 9.90 Å². The molecule has 0 spiro atoms. The van der Waals surface area contributed by atoms with Crippen LogP contribution >= 0.6 is 0 Å². The zero-order valence-electron chi connectivity index (χ0n) is 11.4. The SMILES string of the molecule is [CH2]C(C(=O)O)(c1cccc2ccccc12)N1CCCC1. The van der Waals surface area contributed by atoms with Crippen molar-refractivity contribution in [3.05, 3.63) is 55.0 Å². The standard InChI is InChI=1S/C17H18NO2/c1-17(16(19)20,18-11-4-5-12-18)15-10-6-8-13-7-2-3-9-14(13)15/h2-3,6-10H,1,4-5,11-12H2,(H,19,20). The van der Waals surface area contributed by atoms with Gasteiger partial charge in [0.1, 0.15) is 5.54 Å². The molecule has 1 atom stereocenters. The lowest BCUT2D eigenvalue weighted by atomic mass is 9.86. The molecule has 0 aromatic heterocycles. The minimum Gasteiger partial charge on any atom is -0.480 e. The molecule has 3 rings (SSSR count). The predicted molar refractivity (Wildman–Crippen MR) is 79.4 cm³/mol. The van der Waals surface area contributed by atoms with E-state index in [1.54, 1.807) is 0 Å². The lowest BCUT2D eigenvalue weighted by Gasteiger charge is -2.35. The van der Waals surface area contributed by atoms with E-state index in [0.29, 0.717) is 0 Å². The molecule has 1 heterocycles. The molecule has 103 valence electrons. The molecule has 2 aromatic rings. The Balaban J connectivity index is 2.22. The van der Waals surface area contributed by atoms with Crippen molar-refractivity contribution in [2.75, 3.05) is 13.1 Å². The van der Waals surface area contributed by atoms with Crippen LogP contribution in [0.3, 0.4) is 0 Å². The summed E-state index contributed by atoms with van der Waals surface area (Å²) in [7, 11) is 0. The van der Waals surface area contributed by atoms with Crippen LogP contribution in [0.15, 0.2) is 42.5 Å². The van der Waals surface area contributed by atoms with Crippen molar-refractivity contribution in [1.82, 2.24) is 4.90 Å². The summed E-state index contributed by atoms with van der Waals surface area (Å²) >= 11 is 0. The van der Waals surface area contributed by atoms with Crippen LogP contribution in [0.4, 0.5) is 0 Å². The fraction of sp³-hybridized carbons (Fsp3) is 0.294. The molecule has 1 fully saturated rings. The van der Waals surface area contributed by atoms with Gasteiger partial charge in [-0.15, -0.1) is 0 Å². The van der Waals surface area contributed by atoms with Gasteiger partial charge in [-0.25, -0.2) is 4.79 Å². The first-order valence-electron chi connectivity index (χ1n) is 6.96. The summed E-state index contributed by atoms with van der Waals surface area (Å²) in [6, 6.07) is 13.7. The number of likely N-dealkylation sites (tertiary alicyclic amines) is 1. The normalized spacial score (nSPS) is 19.1. The van der Waals surface area contributed by atoms with Gasteiger partial charge in [0.05, 0.1) is 0 Å². The monoisotopic (exact) mass is 268 g/mol. The molecule has 1 radical (unpaired) electrons. The summed E-state index contributed by atoms with van der Waals surface area (Å²) in [6.45, 7) is 5.68. The van der Waals surface area contributed by atoms with Gasteiger partial charge in [-0.1, -0.05) is 42.5 Å². The molecule has 1 aliphatic heterocycles. The van der Waals surface area contributed by atoms with Gasteiger partial charge in [0.2, 0.25) is 0 Å². The fourth-order valence-electron chi connectivity index (χ4n) is 3.11. The van der Waals surface area contributed by atoms with Gasteiger partial charge >= 0.3 is 5.97 Å². The Kier molecular flexibility index (Phi) is 3.22. The van der Waals surface area contributed by atoms with Crippen LogP contribution < -0.4 is 0 Å². The van der Waals surface area contributed by atoms with Gasteiger partial charge in [0.25, 0.3) is 0 Å². The number of nitrogens with zero attached hydrogens (tertiary/aromatic N) is 1. The summed E-state index contributed by atoms with van der Waals surface area (Å²) in [5.74, 6) is -0.879. The van der Waals surface area contributed by atoms with E-state index in [4.69, 9.17) is 0 Å². The van der Waals surface area contributed by atoms with Crippen molar-refractivity contribution in [1.29, 1.82) is 0 Å². The number of carboxylic acid groups (broad SMARTS) is 1. The quantitative estimate of drug-likeness (QED) is 0.930. The first-order valence-corrected chi connectivity index (χ1v) is 6.96. The van der Waals surface area contributed by atoms with Crippen LogP contribution in [0.2, 0.25) is 0 Å². The van der Waals surface area contributed by atoms with Crippen molar-refractivity contribution >= 4 is 16.7 Å². The zero-order chi connectivity index (χ0) is 14.2. The van der Waals surface area contributed by atoms with Gasteiger partial charge in [0, 0.05) is 0 Å². The summed E-state index contributed by atoms with van der Waals surface area (Å²) in [4.78, 5) is 13.9. The Morgan fingerprint density at radius 3 is 2.45 bits per heavy atom. The van der Waals surface area contributed by atoms with Gasteiger partial charge in [-0.05, 0) is 49.2 Å². The third kappa shape index (κ3) is 1.90. The smallest absolute Gasteiger partial charge is 0.328 e. The summed E-state index contributed by atoms with van der Waals surface area (Å²) in [5, 5.41) is 11.8. The maximum atomic E-state index is 11.9. The highest BCUT2D eigenvalue weighted by Crippen LogP contribution is 2.35. The molecule has 0 saturated carbocycles. The van der Waals surface area contributed by atoms with Gasteiger partial charge in [-0.2, -0.15) is 0 Å². The maximum absolute atomic E-state index is 11.9. The molecule has 1 N–H and O–H groups in total. The Bertz CT molecular complexity index is 641. The number of rotatable bonds is 3. The second-order valence-corrected chi connectivity index (χ2v) is 5.39. The van der Waals surface area contributed by atoms with Crippen molar-refractivity contribution in [3.8, 4) is 0 Å². The van der Waals surface area contributed by atoms with Crippen LogP contribution in [0.5, 0.6) is 0 Å². The number of hydrogen-bond acceptors (Lipinski definition) is 2. The van der Waals surface area contributed by atoms with Crippen LogP contribution in [0, 0.1) is 6.92 Å². The van der Waals surface area contributed by atoms with Crippen LogP contribution in [-0.2, 0) is 10.3 Å². The van der Waals surface area contributed by atoms with Crippen molar-refractivity contribution in [3.63, 3.8) is 0 Å². The maximum Gasteiger partial charge on any atom is 0.328 e. The minimum absolute atomic E-state index is 0.782. The van der Waals surface area contributed by atoms with Gasteiger partial charge in [0.15, 0.2) is 0 Å². The third-order valence-corrected chi connectivity index (χ3v) is 4.23. The molecule has 0 aliphatic carbocycles. The molecular formula is C17H18NO2. The van der Waals surface area contributed by atoms with E-state index in [1.165, 1.54) is 0 Å². The molecule has 3 heteroatoms. The van der Waals surface area contributed by atoms with Crippen LogP contribution in [-0.4, -0.2) is 29.1 Å². The number of aliphatic carboxylic acids is 1. The Morgan fingerprint density at radius 2 is 1.75 bits per heavy atom. The Morgan fingerprint density at radius 1 is 1.10 bits per heavy atom. The van der Waals surface area contributed by atoms with Gasteiger partial charge < -0.3 is 5.11 Å². The Hall–Kier alpha value is -1.87. The molecule has 1 unspecified atom stereocenters. The van der Waals surface area contributed by atoms with E-state index in [1.807, 2.05) is 47.4 Å². The number of benzene rings is 2. The third-order valence-electron chi connectivity index (χ3n) is 4.23. The number of fused-ring (bicyclic) bond motifs is 1. The van der Waals surface area contributed by atoms with E-state index in [-0.39, 0.29) is 0 Å². The van der Waals surface area contributed by atoms with Crippen LogP contribution in [0.25, 0.3) is 10.8 Å². The first kappa shape index (κ1) is 13.1. The van der Waals surface area contributed by atoms with Gasteiger partial charge in [-0.3, -0.25) is 4.90 Å². The largest absolute Gasteiger partial charge is 0.480 e. The Labute approximate surface area is 118 Å². The van der Waals surface area contributed by atoms with E-state index < -0.39 is 11.5 Å². The second kappa shape index (κ2) is 4.91. The van der Waals surface area contributed by atoms with Crippen LogP contribution in [0.1, 0.15) is 18.4 Å². The number of hydrogen-bond donors (Lipinski definition) is 1. The fourth-order valence-corrected chi connectivity index (χ4v) is 3.11. The van der Waals surface area contributed by atoms with Crippen molar-refractivity contribution in [2.45, 2.75) is 18.4 Å².